The van der Waals surface area contributed by atoms with Crippen LogP contribution in [0.4, 0.5) is 5.69 Å². The summed E-state index contributed by atoms with van der Waals surface area (Å²) in [5.41, 5.74) is 0.512. The average Bonchev–Trinajstić information content (AvgIpc) is 2.75. The van der Waals surface area contributed by atoms with Crippen molar-refractivity contribution in [3.05, 3.63) is 47.0 Å². The van der Waals surface area contributed by atoms with Crippen LogP contribution in [0.1, 0.15) is 29.6 Å². The molecule has 3 rings (SSSR count). The SMILES string of the molecule is COc1cc(OC)cc(C(=O)Nc2cc(S(=O)(=O)N3CCCCC3)ccc2Cl)c1. The van der Waals surface area contributed by atoms with E-state index in [2.05, 4.69) is 5.32 Å². The predicted molar refractivity (Wildman–Crippen MR) is 112 cm³/mol. The minimum Gasteiger partial charge on any atom is -0.497 e. The smallest absolute Gasteiger partial charge is 0.255 e. The van der Waals surface area contributed by atoms with Gasteiger partial charge in [0.15, 0.2) is 0 Å². The standard InChI is InChI=1S/C20H23ClN2O5S/c1-27-15-10-14(11-16(12-15)28-2)20(24)22-19-13-17(6-7-18(19)21)29(25,26)23-8-4-3-5-9-23/h6-7,10-13H,3-5,8-9H2,1-2H3,(H,22,24). The molecule has 0 aliphatic carbocycles. The first-order valence-corrected chi connectivity index (χ1v) is 11.0. The van der Waals surface area contributed by atoms with Gasteiger partial charge in [-0.1, -0.05) is 18.0 Å². The van der Waals surface area contributed by atoms with Crippen molar-refractivity contribution in [2.45, 2.75) is 24.2 Å². The lowest BCUT2D eigenvalue weighted by Gasteiger charge is -2.26. The maximum absolute atomic E-state index is 12.9. The Morgan fingerprint density at radius 2 is 1.62 bits per heavy atom. The van der Waals surface area contributed by atoms with E-state index in [4.69, 9.17) is 21.1 Å². The number of carbonyl (C=O) groups excluding carboxylic acids is 1. The Morgan fingerprint density at radius 3 is 2.21 bits per heavy atom. The Hall–Kier alpha value is -2.29. The maximum atomic E-state index is 12.9. The van der Waals surface area contributed by atoms with Crippen molar-refractivity contribution in [2.75, 3.05) is 32.6 Å². The Bertz CT molecular complexity index is 982. The molecule has 1 fully saturated rings. The van der Waals surface area contributed by atoms with Gasteiger partial charge in [-0.3, -0.25) is 4.79 Å². The Morgan fingerprint density at radius 1 is 1.00 bits per heavy atom. The number of piperidine rings is 1. The van der Waals surface area contributed by atoms with Crippen molar-refractivity contribution in [1.29, 1.82) is 0 Å². The van der Waals surface area contributed by atoms with Crippen LogP contribution >= 0.6 is 11.6 Å². The Labute approximate surface area is 175 Å². The van der Waals surface area contributed by atoms with Gasteiger partial charge in [0.05, 0.1) is 29.8 Å². The summed E-state index contributed by atoms with van der Waals surface area (Å²) in [6.07, 6.45) is 2.71. The molecular formula is C20H23ClN2O5S. The summed E-state index contributed by atoms with van der Waals surface area (Å²) in [5, 5.41) is 2.92. The molecule has 1 N–H and O–H groups in total. The molecule has 0 atom stereocenters. The lowest BCUT2D eigenvalue weighted by Crippen LogP contribution is -2.35. The van der Waals surface area contributed by atoms with Crippen molar-refractivity contribution in [3.8, 4) is 11.5 Å². The summed E-state index contributed by atoms with van der Waals surface area (Å²) in [6.45, 7) is 0.993. The van der Waals surface area contributed by atoms with Crippen molar-refractivity contribution in [3.63, 3.8) is 0 Å². The van der Waals surface area contributed by atoms with Crippen molar-refractivity contribution >= 4 is 33.2 Å². The van der Waals surface area contributed by atoms with Crippen LogP contribution in [0.3, 0.4) is 0 Å². The van der Waals surface area contributed by atoms with E-state index >= 15 is 0 Å². The first-order valence-electron chi connectivity index (χ1n) is 9.19. The zero-order valence-corrected chi connectivity index (χ0v) is 17.8. The van der Waals surface area contributed by atoms with E-state index in [0.717, 1.165) is 19.3 Å². The van der Waals surface area contributed by atoms with Gasteiger partial charge in [0.2, 0.25) is 10.0 Å². The molecule has 0 spiro atoms. The first-order chi connectivity index (χ1) is 13.8. The number of rotatable bonds is 6. The highest BCUT2D eigenvalue weighted by Gasteiger charge is 2.26. The first kappa shape index (κ1) is 21.4. The van der Waals surface area contributed by atoms with E-state index in [1.165, 1.54) is 36.7 Å². The number of sulfonamides is 1. The fourth-order valence-electron chi connectivity index (χ4n) is 3.15. The van der Waals surface area contributed by atoms with Gasteiger partial charge in [-0.2, -0.15) is 4.31 Å². The summed E-state index contributed by atoms with van der Waals surface area (Å²) < 4.78 is 37.7. The lowest BCUT2D eigenvalue weighted by molar-refractivity contribution is 0.102. The average molecular weight is 439 g/mol. The van der Waals surface area contributed by atoms with Crippen LogP contribution in [0.15, 0.2) is 41.3 Å². The largest absolute Gasteiger partial charge is 0.497 e. The molecule has 2 aromatic carbocycles. The maximum Gasteiger partial charge on any atom is 0.255 e. The van der Waals surface area contributed by atoms with Gasteiger partial charge < -0.3 is 14.8 Å². The second kappa shape index (κ2) is 9.02. The fourth-order valence-corrected chi connectivity index (χ4v) is 4.86. The highest BCUT2D eigenvalue weighted by molar-refractivity contribution is 7.89. The third-order valence-corrected chi connectivity index (χ3v) is 6.98. The summed E-state index contributed by atoms with van der Waals surface area (Å²) in [6, 6.07) is 9.08. The van der Waals surface area contributed by atoms with Gasteiger partial charge in [0.25, 0.3) is 5.91 Å². The van der Waals surface area contributed by atoms with E-state index in [9.17, 15) is 13.2 Å². The van der Waals surface area contributed by atoms with Crippen molar-refractivity contribution < 1.29 is 22.7 Å². The minimum atomic E-state index is -3.64. The van der Waals surface area contributed by atoms with Crippen LogP contribution in [0.5, 0.6) is 11.5 Å². The second-order valence-corrected chi connectivity index (χ2v) is 9.01. The lowest BCUT2D eigenvalue weighted by atomic mass is 10.2. The molecule has 1 aliphatic rings. The van der Waals surface area contributed by atoms with Crippen molar-refractivity contribution in [2.24, 2.45) is 0 Å². The molecule has 0 unspecified atom stereocenters. The summed E-state index contributed by atoms with van der Waals surface area (Å²) in [7, 11) is -0.663. The normalized spacial score (nSPS) is 15.0. The number of nitrogens with one attached hydrogen (secondary N) is 1. The van der Waals surface area contributed by atoms with E-state index in [1.54, 1.807) is 18.2 Å². The summed E-state index contributed by atoms with van der Waals surface area (Å²) in [4.78, 5) is 12.8. The second-order valence-electron chi connectivity index (χ2n) is 6.66. The topological polar surface area (TPSA) is 84.9 Å². The van der Waals surface area contributed by atoms with Crippen LogP contribution < -0.4 is 14.8 Å². The number of nitrogens with zero attached hydrogens (tertiary/aromatic N) is 1. The number of amides is 1. The van der Waals surface area contributed by atoms with Crippen LogP contribution in [-0.4, -0.2) is 45.9 Å². The number of anilines is 1. The molecule has 9 heteroatoms. The number of benzene rings is 2. The number of hydrogen-bond acceptors (Lipinski definition) is 5. The number of methoxy groups -OCH3 is 2. The van der Waals surface area contributed by atoms with E-state index in [1.807, 2.05) is 0 Å². The monoisotopic (exact) mass is 438 g/mol. The van der Waals surface area contributed by atoms with Gasteiger partial charge in [-0.15, -0.1) is 0 Å². The van der Waals surface area contributed by atoms with Gasteiger partial charge in [-0.25, -0.2) is 8.42 Å². The zero-order chi connectivity index (χ0) is 21.0. The molecule has 0 saturated carbocycles. The number of ether oxygens (including phenoxy) is 2. The molecule has 0 radical (unpaired) electrons. The molecule has 1 aliphatic heterocycles. The van der Waals surface area contributed by atoms with Crippen molar-refractivity contribution in [1.82, 2.24) is 4.31 Å². The molecule has 7 nitrogen and oxygen atoms in total. The molecule has 1 heterocycles. The Kier molecular flexibility index (Phi) is 6.66. The molecule has 1 amide bonds. The molecule has 29 heavy (non-hydrogen) atoms. The highest BCUT2D eigenvalue weighted by atomic mass is 35.5. The molecular weight excluding hydrogens is 416 g/mol. The number of hydrogen-bond donors (Lipinski definition) is 1. The zero-order valence-electron chi connectivity index (χ0n) is 16.3. The van der Waals surface area contributed by atoms with Gasteiger partial charge >= 0.3 is 0 Å². The quantitative estimate of drug-likeness (QED) is 0.741. The molecule has 0 aromatic heterocycles. The molecule has 156 valence electrons. The van der Waals surface area contributed by atoms with Crippen LogP contribution in [0.25, 0.3) is 0 Å². The van der Waals surface area contributed by atoms with Crippen LogP contribution in [0.2, 0.25) is 5.02 Å². The molecule has 0 bridgehead atoms. The third-order valence-electron chi connectivity index (χ3n) is 4.75. The molecule has 2 aromatic rings. The van der Waals surface area contributed by atoms with E-state index in [-0.39, 0.29) is 15.6 Å². The summed E-state index contributed by atoms with van der Waals surface area (Å²) in [5.74, 6) is 0.459. The molecule has 1 saturated heterocycles. The fraction of sp³-hybridized carbons (Fsp3) is 0.350. The predicted octanol–water partition coefficient (Wildman–Crippen LogP) is 3.78. The van der Waals surface area contributed by atoms with Crippen LogP contribution in [-0.2, 0) is 10.0 Å². The van der Waals surface area contributed by atoms with E-state index in [0.29, 0.717) is 30.2 Å². The third kappa shape index (κ3) is 4.83. The Balaban J connectivity index is 1.88. The van der Waals surface area contributed by atoms with Crippen LogP contribution in [0, 0.1) is 0 Å². The highest BCUT2D eigenvalue weighted by Crippen LogP contribution is 2.29. The van der Waals surface area contributed by atoms with Gasteiger partial charge in [0, 0.05) is 24.7 Å². The number of carbonyl (C=O) groups is 1. The number of halogens is 1. The van der Waals surface area contributed by atoms with Gasteiger partial charge in [-0.05, 0) is 43.2 Å². The minimum absolute atomic E-state index is 0.0994. The summed E-state index contributed by atoms with van der Waals surface area (Å²) >= 11 is 6.21. The van der Waals surface area contributed by atoms with E-state index < -0.39 is 15.9 Å². The van der Waals surface area contributed by atoms with Gasteiger partial charge in [0.1, 0.15) is 11.5 Å².